The highest BCUT2D eigenvalue weighted by atomic mass is 35.7. The van der Waals surface area contributed by atoms with E-state index >= 15 is 0 Å². The lowest BCUT2D eigenvalue weighted by atomic mass is 10.6. The topological polar surface area (TPSA) is 111 Å². The summed E-state index contributed by atoms with van der Waals surface area (Å²) < 4.78 is 110. The van der Waals surface area contributed by atoms with Crippen molar-refractivity contribution < 1.29 is 65.3 Å². The summed E-state index contributed by atoms with van der Waals surface area (Å²) in [5, 5.41) is 0. The fourth-order valence-electron chi connectivity index (χ4n) is 0.664. The van der Waals surface area contributed by atoms with Gasteiger partial charge in [-0.1, -0.05) is 0 Å². The van der Waals surface area contributed by atoms with E-state index in [4.69, 9.17) is 18.6 Å². The van der Waals surface area contributed by atoms with Crippen molar-refractivity contribution >= 4 is 0 Å². The molecule has 0 N–H and O–H groups in total. The molecule has 0 aliphatic carbocycles. The van der Waals surface area contributed by atoms with Crippen molar-refractivity contribution in [2.45, 2.75) is 13.2 Å². The minimum absolute atomic E-state index is 0.616. The van der Waals surface area contributed by atoms with E-state index in [1.54, 1.807) is 0 Å². The molecule has 0 aromatic heterocycles. The van der Waals surface area contributed by atoms with Crippen molar-refractivity contribution in [1.29, 1.82) is 0 Å². The molecule has 0 aliphatic rings. The van der Waals surface area contributed by atoms with E-state index in [9.17, 15) is 26.9 Å². The normalized spacial score (nSPS) is 14.7. The number of hydrogen-bond donors (Lipinski definition) is 0. The lowest BCUT2D eigenvalue weighted by Gasteiger charge is -2.32. The first-order valence-electron chi connectivity index (χ1n) is 3.71. The van der Waals surface area contributed by atoms with Gasteiger partial charge in [0.2, 0.25) is 0 Å². The van der Waals surface area contributed by atoms with Gasteiger partial charge in [0, 0.05) is 14.0 Å². The Balaban J connectivity index is 0. The van der Waals surface area contributed by atoms with Crippen LogP contribution in [0.3, 0.4) is 0 Å². The maximum Gasteiger partial charge on any atom is 0.261 e. The molecule has 9 nitrogen and oxygen atoms in total. The Bertz CT molecular complexity index is 228. The van der Waals surface area contributed by atoms with Gasteiger partial charge in [-0.3, -0.25) is 0 Å². The second-order valence-electron chi connectivity index (χ2n) is 2.47. The molecule has 1 atom stereocenters. The molecule has 0 aromatic carbocycles. The Morgan fingerprint density at radius 1 is 0.895 bits per heavy atom. The average molecular weight is 329 g/mol. The number of halogens is 7. The summed E-state index contributed by atoms with van der Waals surface area (Å²) in [5.41, 5.74) is -7.18. The van der Waals surface area contributed by atoms with E-state index in [-0.39, 0.29) is 0 Å². The Morgan fingerprint density at radius 2 is 1.11 bits per heavy atom. The molecule has 16 heteroatoms. The van der Waals surface area contributed by atoms with Gasteiger partial charge in [0.25, 0.3) is 22.6 Å². The molecule has 0 bridgehead atoms. The zero-order valence-electron chi connectivity index (χ0n) is 9.05. The van der Waals surface area contributed by atoms with E-state index in [0.717, 1.165) is 7.11 Å². The molecule has 0 rings (SSSR count). The zero-order valence-corrected chi connectivity index (χ0v) is 9.81. The molecular formula is C3H7ClF6N4O5. The Labute approximate surface area is 103 Å². The predicted octanol–water partition coefficient (Wildman–Crippen LogP) is -3.00. The molecule has 0 saturated heterocycles. The number of hydrogen-bond acceptors (Lipinski definition) is 8. The van der Waals surface area contributed by atoms with Crippen molar-refractivity contribution in [2.24, 2.45) is 0 Å². The van der Waals surface area contributed by atoms with Crippen LogP contribution < -0.4 is 18.6 Å². The van der Waals surface area contributed by atoms with Crippen molar-refractivity contribution in [2.75, 3.05) is 7.11 Å². The van der Waals surface area contributed by atoms with Crippen molar-refractivity contribution in [3.63, 3.8) is 0 Å². The summed E-state index contributed by atoms with van der Waals surface area (Å²) in [6.07, 6.45) is -2.21. The van der Waals surface area contributed by atoms with E-state index in [1.807, 2.05) is 0 Å². The number of methoxy groups -OCH3 is 1. The lowest BCUT2D eigenvalue weighted by molar-refractivity contribution is -2.00. The number of rotatable bonds is 5. The molecule has 0 saturated carbocycles. The van der Waals surface area contributed by atoms with Gasteiger partial charge >= 0.3 is 0 Å². The van der Waals surface area contributed by atoms with Gasteiger partial charge in [-0.05, 0) is 26.9 Å². The first kappa shape index (κ1) is 20.8. The molecule has 0 aromatic rings. The molecule has 0 radical (unpaired) electrons. The van der Waals surface area contributed by atoms with Crippen LogP contribution in [-0.2, 0) is 4.74 Å². The fraction of sp³-hybridized carbons (Fsp3) is 1.00. The minimum atomic E-state index is -4.94. The lowest BCUT2D eigenvalue weighted by Crippen LogP contribution is -2.68. The van der Waals surface area contributed by atoms with Crippen molar-refractivity contribution in [3.8, 4) is 0 Å². The molecule has 0 spiro atoms. The third-order valence-electron chi connectivity index (χ3n) is 1.50. The van der Waals surface area contributed by atoms with Crippen LogP contribution in [0.2, 0.25) is 0 Å². The maximum absolute atomic E-state index is 12.0. The second kappa shape index (κ2) is 7.94. The van der Waals surface area contributed by atoms with E-state index in [2.05, 4.69) is 4.74 Å². The highest BCUT2D eigenvalue weighted by molar-refractivity contribution is 4.20. The standard InChI is InChI=1S/C3H7F6N4O.ClHO4/c1-3(14-2)13(10(4)5,11(6)7)12(8)9;2-1(3,4)5/h3H,1-2H3;(H,2,3,4,5)/q+1;/p-1. The van der Waals surface area contributed by atoms with Gasteiger partial charge in [0.1, 0.15) is 4.81 Å². The van der Waals surface area contributed by atoms with E-state index in [1.165, 1.54) is 0 Å². The van der Waals surface area contributed by atoms with Gasteiger partial charge < -0.3 is 4.74 Å². The molecule has 0 fully saturated rings. The molecule has 0 amide bonds. The van der Waals surface area contributed by atoms with Crippen molar-refractivity contribution in [1.82, 2.24) is 16.4 Å². The van der Waals surface area contributed by atoms with Crippen LogP contribution in [0.15, 0.2) is 0 Å². The Morgan fingerprint density at radius 3 is 1.16 bits per heavy atom. The van der Waals surface area contributed by atoms with Crippen LogP contribution in [0.5, 0.6) is 0 Å². The van der Waals surface area contributed by atoms with Crippen LogP contribution in [0, 0.1) is 10.2 Å². The predicted molar refractivity (Wildman–Crippen MR) is 28.9 cm³/mol. The van der Waals surface area contributed by atoms with Gasteiger partial charge in [0.05, 0.1) is 0 Å². The summed E-state index contributed by atoms with van der Waals surface area (Å²) in [7, 11) is -4.21. The minimum Gasteiger partial charge on any atom is -0.328 e. The SMILES string of the molecule is COC(C)[N+](N(F)F)(N(F)F)N(F)F.[O-][Cl+3]([O-])([O-])[O-]. The zero-order chi connectivity index (χ0) is 16.0. The van der Waals surface area contributed by atoms with Gasteiger partial charge in [-0.25, -0.2) is 18.6 Å². The van der Waals surface area contributed by atoms with Crippen LogP contribution >= 0.6 is 0 Å². The highest BCUT2D eigenvalue weighted by Gasteiger charge is 2.62. The first-order chi connectivity index (χ1) is 8.31. The fourth-order valence-corrected chi connectivity index (χ4v) is 0.664. The van der Waals surface area contributed by atoms with Gasteiger partial charge in [0.15, 0.2) is 0 Å². The molecule has 0 heterocycles. The molecule has 1 unspecified atom stereocenters. The summed E-state index contributed by atoms with van der Waals surface area (Å²) in [4.78, 5) is -3.48. The summed E-state index contributed by atoms with van der Waals surface area (Å²) in [6, 6.07) is 0. The van der Waals surface area contributed by atoms with Gasteiger partial charge in [-0.2, -0.15) is 0 Å². The quantitative estimate of drug-likeness (QED) is 0.173. The molecule has 0 aliphatic heterocycles. The van der Waals surface area contributed by atoms with Crippen LogP contribution in [0.25, 0.3) is 0 Å². The maximum atomic E-state index is 12.0. The van der Waals surface area contributed by atoms with E-state index < -0.39 is 37.6 Å². The highest BCUT2D eigenvalue weighted by Crippen LogP contribution is 2.29. The second-order valence-corrected chi connectivity index (χ2v) is 3.23. The van der Waals surface area contributed by atoms with E-state index in [0.29, 0.717) is 6.92 Å². The van der Waals surface area contributed by atoms with Crippen LogP contribution in [0.1, 0.15) is 6.92 Å². The monoisotopic (exact) mass is 328 g/mol. The number of nitrogens with zero attached hydrogens (tertiary/aromatic N) is 4. The van der Waals surface area contributed by atoms with Gasteiger partial charge in [-0.15, -0.1) is 10.2 Å². The molecular weight excluding hydrogens is 321 g/mol. The Kier molecular flexibility index (Phi) is 8.71. The summed E-state index contributed by atoms with van der Waals surface area (Å²) in [5.74, 6) is 0. The number of ether oxygens (including phenoxy) is 1. The van der Waals surface area contributed by atoms with Crippen molar-refractivity contribution in [3.05, 3.63) is 0 Å². The smallest absolute Gasteiger partial charge is 0.261 e. The summed E-state index contributed by atoms with van der Waals surface area (Å²) >= 11 is 0. The summed E-state index contributed by atoms with van der Waals surface area (Å²) in [6.45, 7) is 0.616. The average Bonchev–Trinajstić information content (AvgIpc) is 2.13. The van der Waals surface area contributed by atoms with Crippen LogP contribution in [0.4, 0.5) is 26.9 Å². The molecule has 19 heavy (non-hydrogen) atoms. The largest absolute Gasteiger partial charge is 0.328 e. The molecule has 118 valence electrons. The first-order valence-corrected chi connectivity index (χ1v) is 4.95. The number of quaternary nitrogens is 1. The van der Waals surface area contributed by atoms with Crippen LogP contribution in [-0.4, -0.2) is 34.5 Å². The third-order valence-corrected chi connectivity index (χ3v) is 1.50. The Hall–Kier alpha value is -0.490. The third kappa shape index (κ3) is 6.47.